The number of nitrogens with zero attached hydrogens (tertiary/aromatic N) is 4. The van der Waals surface area contributed by atoms with Gasteiger partial charge in [-0.15, -0.1) is 0 Å². The van der Waals surface area contributed by atoms with Crippen LogP contribution >= 0.6 is 0 Å². The van der Waals surface area contributed by atoms with Crippen molar-refractivity contribution in [3.05, 3.63) is 59.4 Å². The topological polar surface area (TPSA) is 88.3 Å². The summed E-state index contributed by atoms with van der Waals surface area (Å²) >= 11 is 0. The molecule has 0 spiro atoms. The first kappa shape index (κ1) is 19.0. The van der Waals surface area contributed by atoms with E-state index < -0.39 is 5.97 Å². The molecule has 7 heteroatoms. The van der Waals surface area contributed by atoms with Gasteiger partial charge >= 0.3 is 5.97 Å². The van der Waals surface area contributed by atoms with E-state index in [0.717, 1.165) is 60.6 Å². The molecule has 1 aliphatic heterocycles. The number of ether oxygens (including phenoxy) is 2. The zero-order chi connectivity index (χ0) is 20.2. The fourth-order valence-corrected chi connectivity index (χ4v) is 3.42. The Morgan fingerprint density at radius 1 is 1.24 bits per heavy atom. The molecule has 2 aromatic heterocycles. The summed E-state index contributed by atoms with van der Waals surface area (Å²) in [7, 11) is 1.33. The Hall–Kier alpha value is -3.34. The number of carbonyl (C=O) groups is 1. The molecule has 29 heavy (non-hydrogen) atoms. The third kappa shape index (κ3) is 4.09. The second kappa shape index (κ2) is 8.35. The summed E-state index contributed by atoms with van der Waals surface area (Å²) in [6.45, 7) is 3.99. The maximum absolute atomic E-state index is 11.6. The van der Waals surface area contributed by atoms with Gasteiger partial charge in [-0.1, -0.05) is 6.07 Å². The van der Waals surface area contributed by atoms with Crippen molar-refractivity contribution < 1.29 is 14.3 Å². The predicted octanol–water partition coefficient (Wildman–Crippen LogP) is 2.79. The molecule has 4 rings (SSSR count). The van der Waals surface area contributed by atoms with Gasteiger partial charge in [-0.25, -0.2) is 14.8 Å². The average molecular weight is 388 g/mol. The summed E-state index contributed by atoms with van der Waals surface area (Å²) in [5.74, 6) is -0.477. The standard InChI is InChI=1S/C22H20N4O3/c1-28-22(27)19-5-3-16(13-24-19)20-11-17(14-26-6-8-29-9-7-26)18-4-2-15(12-23)10-21(18)25-20/h2-5,10-11,13H,6-9,14H2,1H3. The summed E-state index contributed by atoms with van der Waals surface area (Å²) in [6.07, 6.45) is 1.62. The first-order valence-electron chi connectivity index (χ1n) is 9.36. The molecular formula is C22H20N4O3. The SMILES string of the molecule is COC(=O)c1ccc(-c2cc(CN3CCOCC3)c3ccc(C#N)cc3n2)cn1. The molecule has 0 N–H and O–H groups in total. The van der Waals surface area contributed by atoms with Crippen molar-refractivity contribution in [2.75, 3.05) is 33.4 Å². The van der Waals surface area contributed by atoms with Gasteiger partial charge in [-0.2, -0.15) is 5.26 Å². The Morgan fingerprint density at radius 2 is 2.07 bits per heavy atom. The number of benzene rings is 1. The Morgan fingerprint density at radius 3 is 2.76 bits per heavy atom. The van der Waals surface area contributed by atoms with E-state index in [1.165, 1.54) is 7.11 Å². The Bertz CT molecular complexity index is 1080. The Balaban J connectivity index is 1.76. The predicted molar refractivity (Wildman–Crippen MR) is 107 cm³/mol. The van der Waals surface area contributed by atoms with E-state index in [4.69, 9.17) is 14.5 Å². The van der Waals surface area contributed by atoms with Crippen LogP contribution in [0.4, 0.5) is 0 Å². The van der Waals surface area contributed by atoms with Gasteiger partial charge in [-0.05, 0) is 35.9 Å². The normalized spacial score (nSPS) is 14.5. The van der Waals surface area contributed by atoms with E-state index in [9.17, 15) is 10.1 Å². The van der Waals surface area contributed by atoms with Crippen LogP contribution in [0.15, 0.2) is 42.6 Å². The fraction of sp³-hybridized carbons (Fsp3) is 0.273. The van der Waals surface area contributed by atoms with Gasteiger partial charge in [-0.3, -0.25) is 4.90 Å². The van der Waals surface area contributed by atoms with Gasteiger partial charge in [0.25, 0.3) is 0 Å². The second-order valence-corrected chi connectivity index (χ2v) is 6.82. The molecule has 1 aliphatic rings. The molecule has 7 nitrogen and oxygen atoms in total. The second-order valence-electron chi connectivity index (χ2n) is 6.82. The van der Waals surface area contributed by atoms with Crippen LogP contribution in [0.25, 0.3) is 22.2 Å². The number of fused-ring (bicyclic) bond motifs is 1. The minimum Gasteiger partial charge on any atom is -0.464 e. The minimum absolute atomic E-state index is 0.248. The van der Waals surface area contributed by atoms with Crippen molar-refractivity contribution >= 4 is 16.9 Å². The van der Waals surface area contributed by atoms with Crippen molar-refractivity contribution in [3.63, 3.8) is 0 Å². The molecule has 3 heterocycles. The van der Waals surface area contributed by atoms with E-state index in [1.54, 1.807) is 24.4 Å². The third-order valence-electron chi connectivity index (χ3n) is 4.98. The van der Waals surface area contributed by atoms with Crippen LogP contribution in [0.1, 0.15) is 21.6 Å². The summed E-state index contributed by atoms with van der Waals surface area (Å²) < 4.78 is 10.2. The Labute approximate surface area is 168 Å². The number of aromatic nitrogens is 2. The zero-order valence-corrected chi connectivity index (χ0v) is 16.1. The maximum Gasteiger partial charge on any atom is 0.356 e. The summed E-state index contributed by atoms with van der Waals surface area (Å²) in [4.78, 5) is 22.9. The number of esters is 1. The number of carbonyl (C=O) groups excluding carboxylic acids is 1. The molecule has 146 valence electrons. The van der Waals surface area contributed by atoms with Crippen LogP contribution in [0.2, 0.25) is 0 Å². The van der Waals surface area contributed by atoms with Gasteiger partial charge in [0.1, 0.15) is 5.69 Å². The fourth-order valence-electron chi connectivity index (χ4n) is 3.42. The number of methoxy groups -OCH3 is 1. The van der Waals surface area contributed by atoms with Gasteiger partial charge in [0.15, 0.2) is 0 Å². The lowest BCUT2D eigenvalue weighted by atomic mass is 10.0. The lowest BCUT2D eigenvalue weighted by Crippen LogP contribution is -2.35. The van der Waals surface area contributed by atoms with Crippen molar-refractivity contribution in [2.45, 2.75) is 6.54 Å². The van der Waals surface area contributed by atoms with Crippen molar-refractivity contribution in [3.8, 4) is 17.3 Å². The summed E-state index contributed by atoms with van der Waals surface area (Å²) in [6, 6.07) is 13.2. The number of rotatable bonds is 4. The van der Waals surface area contributed by atoms with Crippen LogP contribution < -0.4 is 0 Å². The van der Waals surface area contributed by atoms with Crippen molar-refractivity contribution in [1.29, 1.82) is 5.26 Å². The van der Waals surface area contributed by atoms with Crippen LogP contribution in [0, 0.1) is 11.3 Å². The first-order chi connectivity index (χ1) is 14.2. The van der Waals surface area contributed by atoms with E-state index in [0.29, 0.717) is 5.56 Å². The molecule has 1 saturated heterocycles. The smallest absolute Gasteiger partial charge is 0.356 e. The highest BCUT2D eigenvalue weighted by atomic mass is 16.5. The molecule has 0 saturated carbocycles. The monoisotopic (exact) mass is 388 g/mol. The lowest BCUT2D eigenvalue weighted by molar-refractivity contribution is 0.0343. The highest BCUT2D eigenvalue weighted by molar-refractivity contribution is 5.88. The summed E-state index contributed by atoms with van der Waals surface area (Å²) in [5.41, 5.74) is 4.26. The van der Waals surface area contributed by atoms with Gasteiger partial charge < -0.3 is 9.47 Å². The average Bonchev–Trinajstić information content (AvgIpc) is 2.78. The molecule has 1 aromatic carbocycles. The lowest BCUT2D eigenvalue weighted by Gasteiger charge is -2.27. The largest absolute Gasteiger partial charge is 0.464 e. The number of hydrogen-bond acceptors (Lipinski definition) is 7. The van der Waals surface area contributed by atoms with Crippen molar-refractivity contribution in [1.82, 2.24) is 14.9 Å². The highest BCUT2D eigenvalue weighted by Gasteiger charge is 2.15. The molecule has 0 bridgehead atoms. The van der Waals surface area contributed by atoms with Gasteiger partial charge in [0.2, 0.25) is 0 Å². The number of morpholine rings is 1. The molecule has 0 radical (unpaired) electrons. The summed E-state index contributed by atoms with van der Waals surface area (Å²) in [5, 5.41) is 10.3. The molecule has 1 fully saturated rings. The van der Waals surface area contributed by atoms with E-state index in [-0.39, 0.29) is 5.69 Å². The molecular weight excluding hydrogens is 368 g/mol. The molecule has 0 atom stereocenters. The highest BCUT2D eigenvalue weighted by Crippen LogP contribution is 2.27. The molecule has 3 aromatic rings. The van der Waals surface area contributed by atoms with Gasteiger partial charge in [0, 0.05) is 36.8 Å². The van der Waals surface area contributed by atoms with E-state index >= 15 is 0 Å². The zero-order valence-electron chi connectivity index (χ0n) is 16.1. The Kier molecular flexibility index (Phi) is 5.47. The number of hydrogen-bond donors (Lipinski definition) is 0. The van der Waals surface area contributed by atoms with E-state index in [1.807, 2.05) is 12.1 Å². The molecule has 0 aliphatic carbocycles. The van der Waals surface area contributed by atoms with E-state index in [2.05, 4.69) is 22.0 Å². The van der Waals surface area contributed by atoms with Crippen LogP contribution in [0.5, 0.6) is 0 Å². The molecule has 0 amide bonds. The number of pyridine rings is 2. The maximum atomic E-state index is 11.6. The quantitative estimate of drug-likeness (QED) is 0.635. The van der Waals surface area contributed by atoms with Crippen molar-refractivity contribution in [2.24, 2.45) is 0 Å². The first-order valence-corrected chi connectivity index (χ1v) is 9.36. The third-order valence-corrected chi connectivity index (χ3v) is 4.98. The van der Waals surface area contributed by atoms with Crippen LogP contribution in [-0.2, 0) is 16.0 Å². The number of nitriles is 1. The minimum atomic E-state index is -0.477. The van der Waals surface area contributed by atoms with Crippen LogP contribution in [0.3, 0.4) is 0 Å². The van der Waals surface area contributed by atoms with Gasteiger partial charge in [0.05, 0.1) is 43.2 Å². The van der Waals surface area contributed by atoms with Crippen LogP contribution in [-0.4, -0.2) is 54.3 Å². The molecule has 0 unspecified atom stereocenters.